The Balaban J connectivity index is 0.000000750. The Morgan fingerprint density at radius 2 is 1.36 bits per heavy atom. The summed E-state index contributed by atoms with van der Waals surface area (Å²) in [6.45, 7) is 0. The van der Waals surface area contributed by atoms with Crippen LogP contribution in [0.5, 0.6) is 0 Å². The van der Waals surface area contributed by atoms with E-state index in [1.165, 1.54) is 19.3 Å². The molecule has 0 aliphatic heterocycles. The van der Waals surface area contributed by atoms with Crippen LogP contribution in [0.2, 0.25) is 0 Å². The zero-order chi connectivity index (χ0) is 9.05. The molecule has 0 atom stereocenters. The first-order valence-corrected chi connectivity index (χ1v) is 5.41. The normalized spacial score (nSPS) is 48.7. The molecule has 0 aromatic rings. The second kappa shape index (κ2) is 3.25. The third-order valence-corrected chi connectivity index (χ3v) is 4.49. The molecule has 4 rings (SSSR count). The van der Waals surface area contributed by atoms with Crippen LogP contribution in [0, 0.1) is 23.2 Å². The van der Waals surface area contributed by atoms with Crippen molar-refractivity contribution < 1.29 is 9.90 Å². The van der Waals surface area contributed by atoms with Gasteiger partial charge in [0.05, 0.1) is 5.41 Å². The van der Waals surface area contributed by atoms with Gasteiger partial charge in [-0.1, -0.05) is 0 Å². The number of rotatable bonds is 1. The predicted octanol–water partition coefficient (Wildman–Crippen LogP) is 1.10. The molecule has 4 aliphatic rings. The van der Waals surface area contributed by atoms with E-state index < -0.39 is 5.97 Å². The Morgan fingerprint density at radius 3 is 1.64 bits per heavy atom. The zero-order valence-corrected chi connectivity index (χ0v) is 7.83. The molecular formula is C11H19AlO2. The van der Waals surface area contributed by atoms with Crippen molar-refractivity contribution in [3.63, 3.8) is 0 Å². The second-order valence-corrected chi connectivity index (χ2v) is 5.50. The van der Waals surface area contributed by atoms with Crippen LogP contribution in [-0.2, 0) is 4.79 Å². The molecule has 14 heavy (non-hydrogen) atoms. The molecule has 3 heteroatoms. The Hall–Kier alpha value is 0.00247. The molecule has 4 saturated carbocycles. The van der Waals surface area contributed by atoms with E-state index in [9.17, 15) is 9.90 Å². The van der Waals surface area contributed by atoms with Gasteiger partial charge in [0.1, 0.15) is 0 Å². The molecule has 2 nitrogen and oxygen atoms in total. The number of carbonyl (C=O) groups is 1. The molecular weight excluding hydrogens is 191 g/mol. The highest BCUT2D eigenvalue weighted by Crippen LogP contribution is 2.59. The number of carboxylic acid groups (broad SMARTS) is 1. The highest BCUT2D eigenvalue weighted by atomic mass is 27.0. The topological polar surface area (TPSA) is 37.3 Å². The lowest BCUT2D eigenvalue weighted by atomic mass is 9.49. The third-order valence-electron chi connectivity index (χ3n) is 4.49. The molecule has 0 aromatic heterocycles. The molecule has 0 amide bonds. The minimum Gasteiger partial charge on any atom is -0.481 e. The molecule has 78 valence electrons. The summed E-state index contributed by atoms with van der Waals surface area (Å²) in [6, 6.07) is 0. The van der Waals surface area contributed by atoms with Crippen LogP contribution in [-0.4, -0.2) is 28.4 Å². The van der Waals surface area contributed by atoms with Crippen molar-refractivity contribution in [3.05, 3.63) is 0 Å². The van der Waals surface area contributed by atoms with Crippen LogP contribution in [0.25, 0.3) is 0 Å². The van der Waals surface area contributed by atoms with Crippen LogP contribution in [0.4, 0.5) is 0 Å². The fourth-order valence-corrected chi connectivity index (χ4v) is 4.37. The van der Waals surface area contributed by atoms with E-state index >= 15 is 0 Å². The lowest BCUT2D eigenvalue weighted by Gasteiger charge is -2.54. The Kier molecular flexibility index (Phi) is 2.44. The lowest BCUT2D eigenvalue weighted by molar-refractivity contribution is -0.164. The van der Waals surface area contributed by atoms with Crippen molar-refractivity contribution >= 4 is 23.3 Å². The number of carboxylic acids is 1. The summed E-state index contributed by atoms with van der Waals surface area (Å²) in [5.74, 6) is 1.75. The van der Waals surface area contributed by atoms with Crippen LogP contribution in [0.1, 0.15) is 38.5 Å². The van der Waals surface area contributed by atoms with Gasteiger partial charge in [0, 0.05) is 0 Å². The van der Waals surface area contributed by atoms with E-state index in [-0.39, 0.29) is 22.8 Å². The van der Waals surface area contributed by atoms with Crippen molar-refractivity contribution in [1.82, 2.24) is 0 Å². The molecule has 0 saturated heterocycles. The highest BCUT2D eigenvalue weighted by molar-refractivity contribution is 5.75. The van der Waals surface area contributed by atoms with E-state index in [1.807, 2.05) is 0 Å². The van der Waals surface area contributed by atoms with Gasteiger partial charge in [-0.25, -0.2) is 0 Å². The summed E-state index contributed by atoms with van der Waals surface area (Å²) in [7, 11) is 0. The zero-order valence-electron chi connectivity index (χ0n) is 7.83. The number of hydrogen-bond donors (Lipinski definition) is 1. The number of hydrogen-bond acceptors (Lipinski definition) is 1. The minimum atomic E-state index is -0.508. The first-order valence-electron chi connectivity index (χ1n) is 5.41. The average molecular weight is 210 g/mol. The Bertz CT molecular complexity index is 227. The Labute approximate surface area is 95.2 Å². The summed E-state index contributed by atoms with van der Waals surface area (Å²) in [5, 5.41) is 9.28. The van der Waals surface area contributed by atoms with Gasteiger partial charge in [0.2, 0.25) is 0 Å². The third kappa shape index (κ3) is 1.33. The van der Waals surface area contributed by atoms with Gasteiger partial charge in [-0.05, 0) is 56.3 Å². The van der Waals surface area contributed by atoms with E-state index in [0.717, 1.165) is 37.0 Å². The van der Waals surface area contributed by atoms with Gasteiger partial charge >= 0.3 is 5.97 Å². The van der Waals surface area contributed by atoms with Crippen LogP contribution >= 0.6 is 0 Å². The number of aliphatic carboxylic acids is 1. The van der Waals surface area contributed by atoms with Crippen molar-refractivity contribution in [2.45, 2.75) is 38.5 Å². The SMILES string of the molecule is O=C(O)C12CC3CC(CC(C3)C1)C2.[AlH3]. The van der Waals surface area contributed by atoms with Crippen molar-refractivity contribution in [2.75, 3.05) is 0 Å². The average Bonchev–Trinajstić information content (AvgIpc) is 2.00. The molecule has 0 unspecified atom stereocenters. The fourth-order valence-electron chi connectivity index (χ4n) is 4.37. The molecule has 4 bridgehead atoms. The molecule has 0 heterocycles. The molecule has 4 aliphatic carbocycles. The van der Waals surface area contributed by atoms with Crippen LogP contribution in [0.15, 0.2) is 0 Å². The lowest BCUT2D eigenvalue weighted by Crippen LogP contribution is -2.49. The Morgan fingerprint density at radius 1 is 1.00 bits per heavy atom. The summed E-state index contributed by atoms with van der Waals surface area (Å²) < 4.78 is 0. The van der Waals surface area contributed by atoms with Gasteiger partial charge in [0.25, 0.3) is 0 Å². The molecule has 1 N–H and O–H groups in total. The van der Waals surface area contributed by atoms with E-state index in [2.05, 4.69) is 0 Å². The maximum absolute atomic E-state index is 11.3. The second-order valence-electron chi connectivity index (χ2n) is 5.50. The minimum absolute atomic E-state index is 0. The fraction of sp³-hybridized carbons (Fsp3) is 0.909. The first-order chi connectivity index (χ1) is 6.18. The molecule has 0 aromatic carbocycles. The maximum Gasteiger partial charge on any atom is 0.309 e. The molecule has 0 spiro atoms. The summed E-state index contributed by atoms with van der Waals surface area (Å²) >= 11 is 0. The smallest absolute Gasteiger partial charge is 0.309 e. The van der Waals surface area contributed by atoms with E-state index in [0.29, 0.717) is 0 Å². The highest BCUT2D eigenvalue weighted by Gasteiger charge is 2.54. The summed E-state index contributed by atoms with van der Waals surface area (Å²) in [5.41, 5.74) is -0.283. The quantitative estimate of drug-likeness (QED) is 0.658. The standard InChI is InChI=1S/C11H16O2.Al.3H/c12-10(13)11-4-7-1-8(5-11)3-9(2-7)6-11;;;;/h7-9H,1-6H2,(H,12,13);;;;. The van der Waals surface area contributed by atoms with Gasteiger partial charge in [-0.3, -0.25) is 4.79 Å². The van der Waals surface area contributed by atoms with Crippen molar-refractivity contribution in [1.29, 1.82) is 0 Å². The molecule has 4 fully saturated rings. The maximum atomic E-state index is 11.3. The first kappa shape index (κ1) is 10.5. The summed E-state index contributed by atoms with van der Waals surface area (Å²) in [6.07, 6.45) is 6.92. The monoisotopic (exact) mass is 210 g/mol. The van der Waals surface area contributed by atoms with Crippen LogP contribution < -0.4 is 0 Å². The van der Waals surface area contributed by atoms with Gasteiger partial charge < -0.3 is 5.11 Å². The van der Waals surface area contributed by atoms with Crippen molar-refractivity contribution in [2.24, 2.45) is 23.2 Å². The van der Waals surface area contributed by atoms with Gasteiger partial charge in [0.15, 0.2) is 17.4 Å². The largest absolute Gasteiger partial charge is 0.481 e. The van der Waals surface area contributed by atoms with Gasteiger partial charge in [-0.15, -0.1) is 0 Å². The van der Waals surface area contributed by atoms with Gasteiger partial charge in [-0.2, -0.15) is 0 Å². The van der Waals surface area contributed by atoms with Crippen LogP contribution in [0.3, 0.4) is 0 Å². The van der Waals surface area contributed by atoms with E-state index in [4.69, 9.17) is 0 Å². The summed E-state index contributed by atoms with van der Waals surface area (Å²) in [4.78, 5) is 11.3. The van der Waals surface area contributed by atoms with E-state index in [1.54, 1.807) is 0 Å². The van der Waals surface area contributed by atoms with Crippen molar-refractivity contribution in [3.8, 4) is 0 Å². The predicted molar refractivity (Wildman–Crippen MR) is 58.2 cm³/mol. The molecule has 0 radical (unpaired) electrons.